The van der Waals surface area contributed by atoms with E-state index in [-0.39, 0.29) is 43.7 Å². The lowest BCUT2D eigenvalue weighted by molar-refractivity contribution is -0.137. The summed E-state index contributed by atoms with van der Waals surface area (Å²) in [4.78, 5) is 56.2. The summed E-state index contributed by atoms with van der Waals surface area (Å²) in [5.41, 5.74) is 3.52. The van der Waals surface area contributed by atoms with Gasteiger partial charge in [0.1, 0.15) is 11.5 Å². The number of aliphatic carboxylic acids is 1. The fraction of sp³-hybridized carbons (Fsp3) is 0.379. The number of fused-ring (bicyclic) bond motifs is 2. The second-order valence-corrected chi connectivity index (χ2v) is 17.4. The van der Waals surface area contributed by atoms with Crippen molar-refractivity contribution in [1.29, 1.82) is 0 Å². The predicted octanol–water partition coefficient (Wildman–Crippen LogP) is 9.07. The topological polar surface area (TPSA) is 166 Å². The van der Waals surface area contributed by atoms with Crippen LogP contribution in [0, 0.1) is 0 Å². The van der Waals surface area contributed by atoms with Crippen molar-refractivity contribution >= 4 is 45.1 Å². The number of Topliss-reactive ketones (excluding diaryl/α,β-unsaturated/α-hetero) is 1. The van der Waals surface area contributed by atoms with Crippen LogP contribution in [0.3, 0.4) is 0 Å². The zero-order chi connectivity index (χ0) is 50.1. The maximum atomic E-state index is 12.6. The Labute approximate surface area is 421 Å². The molecule has 2 aliphatic heterocycles. The molecule has 2 saturated heterocycles. The van der Waals surface area contributed by atoms with Gasteiger partial charge >= 0.3 is 5.97 Å². The number of rotatable bonds is 16. The number of piperazine rings is 2. The number of hydrogen-bond donors (Lipinski definition) is 5. The molecule has 0 saturated carbocycles. The molecule has 2 fully saturated rings. The number of phenols is 2. The molecule has 0 bridgehead atoms. The Morgan fingerprint density at radius 2 is 1.06 bits per heavy atom. The summed E-state index contributed by atoms with van der Waals surface area (Å²) in [6.07, 6.45) is 1.31. The molecule has 6 aromatic rings. The van der Waals surface area contributed by atoms with Gasteiger partial charge in [0.25, 0.3) is 5.91 Å². The Morgan fingerprint density at radius 3 is 1.55 bits per heavy atom. The van der Waals surface area contributed by atoms with Crippen LogP contribution in [0.2, 0.25) is 0 Å². The number of carboxylic acids is 1. The van der Waals surface area contributed by atoms with E-state index in [1.165, 1.54) is 25.2 Å². The first kappa shape index (κ1) is 56.9. The number of amides is 2. The predicted molar refractivity (Wildman–Crippen MR) is 287 cm³/mol. The van der Waals surface area contributed by atoms with E-state index in [1.807, 2.05) is 102 Å². The molecule has 5 N–H and O–H groups in total. The summed E-state index contributed by atoms with van der Waals surface area (Å²) in [6.45, 7) is 19.3. The summed E-state index contributed by atoms with van der Waals surface area (Å²) >= 11 is 0. The third kappa shape index (κ3) is 19.9. The fourth-order valence-corrected chi connectivity index (χ4v) is 8.30. The summed E-state index contributed by atoms with van der Waals surface area (Å²) in [5, 5.41) is 37.5. The smallest absolute Gasteiger partial charge is 0.305 e. The van der Waals surface area contributed by atoms with Crippen molar-refractivity contribution in [2.24, 2.45) is 0 Å². The lowest BCUT2D eigenvalue weighted by Gasteiger charge is -2.34. The van der Waals surface area contributed by atoms with Crippen molar-refractivity contribution in [1.82, 2.24) is 30.2 Å². The van der Waals surface area contributed by atoms with E-state index >= 15 is 0 Å². The van der Waals surface area contributed by atoms with Crippen LogP contribution >= 0.6 is 0 Å². The van der Waals surface area contributed by atoms with Crippen molar-refractivity contribution in [3.05, 3.63) is 156 Å². The van der Waals surface area contributed by atoms with Gasteiger partial charge in [0, 0.05) is 96.0 Å². The van der Waals surface area contributed by atoms with E-state index in [0.29, 0.717) is 49.2 Å². The van der Waals surface area contributed by atoms with Crippen LogP contribution < -0.4 is 10.6 Å². The summed E-state index contributed by atoms with van der Waals surface area (Å²) in [7, 11) is 0. The maximum absolute atomic E-state index is 12.6. The maximum Gasteiger partial charge on any atom is 0.305 e. The van der Waals surface area contributed by atoms with Crippen molar-refractivity contribution in [3.8, 4) is 11.5 Å². The van der Waals surface area contributed by atoms with Gasteiger partial charge in [-0.25, -0.2) is 0 Å². The first-order chi connectivity index (χ1) is 33.9. The highest BCUT2D eigenvalue weighted by Gasteiger charge is 2.21. The average Bonchev–Trinajstić information content (AvgIpc) is 3.37. The van der Waals surface area contributed by atoms with Crippen LogP contribution in [-0.2, 0) is 22.7 Å². The Hall–Kier alpha value is -6.64. The van der Waals surface area contributed by atoms with E-state index in [2.05, 4.69) is 52.2 Å². The van der Waals surface area contributed by atoms with Gasteiger partial charge in [-0.15, -0.1) is 0 Å². The molecule has 380 valence electrons. The minimum atomic E-state index is -0.922. The first-order valence-corrected chi connectivity index (χ1v) is 24.7. The van der Waals surface area contributed by atoms with Crippen molar-refractivity contribution in [2.45, 2.75) is 67.0 Å². The normalized spacial score (nSPS) is 13.6. The average molecular weight is 969 g/mol. The zero-order valence-corrected chi connectivity index (χ0v) is 41.2. The van der Waals surface area contributed by atoms with Crippen molar-refractivity contribution < 1.29 is 34.5 Å². The van der Waals surface area contributed by atoms with Gasteiger partial charge in [0.2, 0.25) is 5.91 Å². The highest BCUT2D eigenvalue weighted by Crippen LogP contribution is 2.20. The molecule has 0 spiro atoms. The zero-order valence-electron chi connectivity index (χ0n) is 41.2. The van der Waals surface area contributed by atoms with E-state index < -0.39 is 5.97 Å². The quantitative estimate of drug-likeness (QED) is 0.0588. The van der Waals surface area contributed by atoms with Crippen LogP contribution in [0.1, 0.15) is 85.7 Å². The number of ketones is 1. The molecule has 0 aromatic heterocycles. The first-order valence-electron chi connectivity index (χ1n) is 24.7. The number of nitrogens with one attached hydrogen (secondary N) is 2. The van der Waals surface area contributed by atoms with Gasteiger partial charge < -0.3 is 35.8 Å². The minimum absolute atomic E-state index is 0. The molecular formula is C58H76N6O7. The Kier molecular flexibility index (Phi) is 24.7. The van der Waals surface area contributed by atoms with Gasteiger partial charge in [-0.2, -0.15) is 0 Å². The lowest BCUT2D eigenvalue weighted by atomic mass is 10.0. The molecule has 0 atom stereocenters. The van der Waals surface area contributed by atoms with Crippen LogP contribution in [0.4, 0.5) is 0 Å². The fourth-order valence-electron chi connectivity index (χ4n) is 8.30. The van der Waals surface area contributed by atoms with Gasteiger partial charge in [-0.05, 0) is 101 Å². The Morgan fingerprint density at radius 1 is 0.563 bits per heavy atom. The Bertz CT molecular complexity index is 2560. The second kappa shape index (κ2) is 30.9. The van der Waals surface area contributed by atoms with Crippen LogP contribution in [0.5, 0.6) is 11.5 Å². The van der Waals surface area contributed by atoms with Crippen LogP contribution in [-0.4, -0.2) is 137 Å². The van der Waals surface area contributed by atoms with Crippen molar-refractivity contribution in [2.75, 3.05) is 78.5 Å². The molecule has 71 heavy (non-hydrogen) atoms. The van der Waals surface area contributed by atoms with Crippen LogP contribution in [0.15, 0.2) is 133 Å². The molecule has 6 aromatic carbocycles. The monoisotopic (exact) mass is 969 g/mol. The van der Waals surface area contributed by atoms with E-state index in [4.69, 9.17) is 5.11 Å². The number of carboxylic acid groups (broad SMARTS) is 1. The van der Waals surface area contributed by atoms with Gasteiger partial charge in [-0.3, -0.25) is 29.0 Å². The highest BCUT2D eigenvalue weighted by molar-refractivity contribution is 6.00. The van der Waals surface area contributed by atoms with Crippen molar-refractivity contribution in [3.63, 3.8) is 0 Å². The second-order valence-electron chi connectivity index (χ2n) is 17.4. The molecule has 2 amide bonds. The van der Waals surface area contributed by atoms with E-state index in [0.717, 1.165) is 79.5 Å². The number of carbonyl (C=O) groups is 4. The van der Waals surface area contributed by atoms with Gasteiger partial charge in [0.05, 0.1) is 6.42 Å². The number of carbonyl (C=O) groups excluding carboxylic acids is 3. The molecule has 0 unspecified atom stereocenters. The number of phenolic OH excluding ortho intramolecular Hbond substituents is 2. The van der Waals surface area contributed by atoms with Crippen LogP contribution in [0.25, 0.3) is 21.5 Å². The SMILES string of the molecule is C.CCN(CC)CC.O=C(CCCC(=O)N1CCN(Cc2cccc(O)c2)CC1)c1ccc2ccccc2c1.O=C(O)CCNC(=O)c1ccc2ccccc2c1.Oc1cccc(CN2CCNCC2)c1. The number of nitrogens with zero attached hydrogens (tertiary/aromatic N) is 4. The largest absolute Gasteiger partial charge is 0.508 e. The molecule has 0 radical (unpaired) electrons. The Balaban J connectivity index is 0.000000232. The van der Waals surface area contributed by atoms with E-state index in [9.17, 15) is 29.4 Å². The van der Waals surface area contributed by atoms with Gasteiger partial charge in [0.15, 0.2) is 5.78 Å². The number of aromatic hydroxyl groups is 2. The van der Waals surface area contributed by atoms with Gasteiger partial charge in [-0.1, -0.05) is 119 Å². The molecule has 2 aliphatic rings. The van der Waals surface area contributed by atoms with E-state index in [1.54, 1.807) is 30.3 Å². The molecule has 13 heteroatoms. The lowest BCUT2D eigenvalue weighted by Crippen LogP contribution is -2.48. The summed E-state index contributed by atoms with van der Waals surface area (Å²) in [6, 6.07) is 41.8. The molecule has 8 rings (SSSR count). The molecule has 13 nitrogen and oxygen atoms in total. The summed E-state index contributed by atoms with van der Waals surface area (Å²) in [5.74, 6) is -0.309. The number of hydrogen-bond acceptors (Lipinski definition) is 10. The highest BCUT2D eigenvalue weighted by atomic mass is 16.4. The summed E-state index contributed by atoms with van der Waals surface area (Å²) < 4.78 is 0. The molecule has 2 heterocycles. The molecular weight excluding hydrogens is 893 g/mol. The number of benzene rings is 6. The third-order valence-electron chi connectivity index (χ3n) is 12.4. The minimum Gasteiger partial charge on any atom is -0.508 e. The third-order valence-corrected chi connectivity index (χ3v) is 12.4. The standard InChI is InChI=1S/C26H28N2O3.C14H13NO3.C11H16N2O.C6H15N.CH4/c29-24-8-3-5-20(17-24)19-27-13-15-28(16-14-27)26(31)10-4-9-25(30)23-12-11-21-6-1-2-7-22(21)18-23;16-13(17)7-8-15-14(18)12-6-5-10-3-1-2-4-11(10)9-12;14-11-3-1-2-10(8-11)9-13-6-4-12-5-7-13;1-4-7(5-2)6-3;/h1-3,5-8,11-12,17-18,29H,4,9-10,13-16,19H2;1-6,9H,7-8H2,(H,15,18)(H,16,17);1-3,8,12,14H,4-7,9H2;4-6H2,1-3H3;1H4. The molecule has 0 aliphatic carbocycles.